The first kappa shape index (κ1) is 13.9. The number of hydrogen-bond acceptors (Lipinski definition) is 5. The van der Waals surface area contributed by atoms with Crippen LogP contribution in [-0.2, 0) is 11.3 Å². The number of hydrogen-bond donors (Lipinski definition) is 1. The largest absolute Gasteiger partial charge is 0.465 e. The molecular weight excluding hydrogens is 246 g/mol. The first-order valence-corrected chi connectivity index (χ1v) is 4.83. The molecule has 1 rings (SSSR count). The molecule has 0 unspecified atom stereocenters. The number of nitriles is 1. The Kier molecular flexibility index (Phi) is 4.57. The van der Waals surface area contributed by atoms with Crippen LogP contribution in [0.25, 0.3) is 0 Å². The van der Waals surface area contributed by atoms with Crippen molar-refractivity contribution < 1.29 is 23.0 Å². The zero-order chi connectivity index (χ0) is 13.7. The van der Waals surface area contributed by atoms with Gasteiger partial charge in [0.1, 0.15) is 5.75 Å². The highest BCUT2D eigenvalue weighted by atomic mass is 19.3. The topological polar surface area (TPSA) is 85.3 Å². The van der Waals surface area contributed by atoms with Gasteiger partial charge in [-0.25, -0.2) is 4.79 Å². The number of nitrogens with two attached hydrogens (primary N) is 1. The molecule has 0 aliphatic carbocycles. The van der Waals surface area contributed by atoms with Gasteiger partial charge in [0.25, 0.3) is 0 Å². The summed E-state index contributed by atoms with van der Waals surface area (Å²) in [4.78, 5) is 11.5. The molecular formula is C11H10F2N2O3. The lowest BCUT2D eigenvalue weighted by Gasteiger charge is -2.13. The van der Waals surface area contributed by atoms with Crippen molar-refractivity contribution in [3.8, 4) is 11.8 Å². The lowest BCUT2D eigenvalue weighted by atomic mass is 10.0. The van der Waals surface area contributed by atoms with Gasteiger partial charge in [-0.05, 0) is 12.1 Å². The molecule has 0 radical (unpaired) electrons. The van der Waals surface area contributed by atoms with Crippen LogP contribution < -0.4 is 10.5 Å². The van der Waals surface area contributed by atoms with Gasteiger partial charge in [-0.3, -0.25) is 0 Å². The number of methoxy groups -OCH3 is 1. The summed E-state index contributed by atoms with van der Waals surface area (Å²) in [6.45, 7) is -3.27. The third-order valence-corrected chi connectivity index (χ3v) is 2.16. The molecule has 5 nitrogen and oxygen atoms in total. The van der Waals surface area contributed by atoms with E-state index in [1.807, 2.05) is 0 Å². The zero-order valence-corrected chi connectivity index (χ0v) is 9.44. The lowest BCUT2D eigenvalue weighted by Crippen LogP contribution is -2.13. The Balaban J connectivity index is 3.40. The minimum atomic E-state index is -3.07. The highest BCUT2D eigenvalue weighted by molar-refractivity contribution is 5.92. The third kappa shape index (κ3) is 2.93. The second-order valence-corrected chi connectivity index (χ2v) is 3.19. The minimum absolute atomic E-state index is 0.00301. The Morgan fingerprint density at radius 1 is 1.56 bits per heavy atom. The SMILES string of the molecule is COC(=O)c1cc(C#N)cc(OC(F)F)c1CN. The van der Waals surface area contributed by atoms with Crippen LogP contribution in [0.2, 0.25) is 0 Å². The number of alkyl halides is 2. The molecule has 1 aromatic rings. The Hall–Kier alpha value is -2.20. The van der Waals surface area contributed by atoms with Gasteiger partial charge in [-0.15, -0.1) is 0 Å². The van der Waals surface area contributed by atoms with Crippen LogP contribution in [0.1, 0.15) is 21.5 Å². The van der Waals surface area contributed by atoms with E-state index >= 15 is 0 Å². The van der Waals surface area contributed by atoms with Crippen LogP contribution in [0.4, 0.5) is 8.78 Å². The predicted octanol–water partition coefficient (Wildman–Crippen LogP) is 1.40. The van der Waals surface area contributed by atoms with Crippen LogP contribution in [0, 0.1) is 11.3 Å². The van der Waals surface area contributed by atoms with Crippen molar-refractivity contribution >= 4 is 5.97 Å². The summed E-state index contributed by atoms with van der Waals surface area (Å²) in [5.74, 6) is -1.07. The number of esters is 1. The highest BCUT2D eigenvalue weighted by Gasteiger charge is 2.19. The second kappa shape index (κ2) is 5.93. The monoisotopic (exact) mass is 256 g/mol. The number of benzene rings is 1. The summed E-state index contributed by atoms with van der Waals surface area (Å²) in [5, 5.41) is 8.76. The van der Waals surface area contributed by atoms with Crippen molar-refractivity contribution in [2.24, 2.45) is 5.73 Å². The van der Waals surface area contributed by atoms with Crippen molar-refractivity contribution in [1.82, 2.24) is 0 Å². The van der Waals surface area contributed by atoms with Gasteiger partial charge < -0.3 is 15.2 Å². The van der Waals surface area contributed by atoms with Crippen molar-refractivity contribution in [2.75, 3.05) is 7.11 Å². The molecule has 1 aromatic carbocycles. The second-order valence-electron chi connectivity index (χ2n) is 3.19. The quantitative estimate of drug-likeness (QED) is 0.823. The van der Waals surface area contributed by atoms with Gasteiger partial charge in [0.05, 0.1) is 24.3 Å². The molecule has 0 atom stereocenters. The molecule has 7 heteroatoms. The van der Waals surface area contributed by atoms with Crippen LogP contribution in [0.15, 0.2) is 12.1 Å². The average Bonchev–Trinajstić information content (AvgIpc) is 2.36. The zero-order valence-electron chi connectivity index (χ0n) is 9.44. The van der Waals surface area contributed by atoms with Crippen LogP contribution in [0.3, 0.4) is 0 Å². The van der Waals surface area contributed by atoms with Gasteiger partial charge in [0.2, 0.25) is 0 Å². The number of carbonyl (C=O) groups excluding carboxylic acids is 1. The Labute approximate surface area is 102 Å². The van der Waals surface area contributed by atoms with E-state index in [9.17, 15) is 13.6 Å². The molecule has 0 fully saturated rings. The fourth-order valence-corrected chi connectivity index (χ4v) is 1.41. The van der Waals surface area contributed by atoms with Crippen LogP contribution >= 0.6 is 0 Å². The van der Waals surface area contributed by atoms with Gasteiger partial charge in [-0.2, -0.15) is 14.0 Å². The molecule has 0 aromatic heterocycles. The van der Waals surface area contributed by atoms with E-state index in [1.54, 1.807) is 6.07 Å². The van der Waals surface area contributed by atoms with E-state index in [2.05, 4.69) is 9.47 Å². The maximum absolute atomic E-state index is 12.2. The fourth-order valence-electron chi connectivity index (χ4n) is 1.41. The third-order valence-electron chi connectivity index (χ3n) is 2.16. The van der Waals surface area contributed by atoms with Crippen molar-refractivity contribution in [3.05, 3.63) is 28.8 Å². The molecule has 0 spiro atoms. The van der Waals surface area contributed by atoms with E-state index in [0.29, 0.717) is 0 Å². The van der Waals surface area contributed by atoms with Crippen molar-refractivity contribution in [1.29, 1.82) is 5.26 Å². The molecule has 0 aliphatic heterocycles. The summed E-state index contributed by atoms with van der Waals surface area (Å²) >= 11 is 0. The summed E-state index contributed by atoms with van der Waals surface area (Å²) in [5.41, 5.74) is 5.41. The number of carbonyl (C=O) groups is 1. The summed E-state index contributed by atoms with van der Waals surface area (Å²) in [6.07, 6.45) is 0. The molecule has 96 valence electrons. The van der Waals surface area contributed by atoms with E-state index in [1.165, 1.54) is 6.07 Å². The number of rotatable bonds is 4. The molecule has 0 saturated carbocycles. The number of halogens is 2. The van der Waals surface area contributed by atoms with Gasteiger partial charge in [-0.1, -0.05) is 0 Å². The van der Waals surface area contributed by atoms with Gasteiger partial charge in [0, 0.05) is 12.1 Å². The summed E-state index contributed by atoms with van der Waals surface area (Å²) < 4.78 is 33.2. The molecule has 0 bridgehead atoms. The normalized spacial score (nSPS) is 10.0. The molecule has 0 amide bonds. The van der Waals surface area contributed by atoms with Gasteiger partial charge >= 0.3 is 12.6 Å². The van der Waals surface area contributed by atoms with Crippen molar-refractivity contribution in [2.45, 2.75) is 13.2 Å². The van der Waals surface area contributed by atoms with Gasteiger partial charge in [0.15, 0.2) is 0 Å². The maximum atomic E-state index is 12.2. The van der Waals surface area contributed by atoms with E-state index in [4.69, 9.17) is 11.0 Å². The number of nitrogens with zero attached hydrogens (tertiary/aromatic N) is 1. The maximum Gasteiger partial charge on any atom is 0.387 e. The van der Waals surface area contributed by atoms with E-state index in [0.717, 1.165) is 13.2 Å². The minimum Gasteiger partial charge on any atom is -0.465 e. The molecule has 0 aliphatic rings. The fraction of sp³-hybridized carbons (Fsp3) is 0.273. The molecule has 0 saturated heterocycles. The van der Waals surface area contributed by atoms with E-state index in [-0.39, 0.29) is 29.0 Å². The lowest BCUT2D eigenvalue weighted by molar-refractivity contribution is -0.0505. The first-order chi connectivity index (χ1) is 8.53. The molecule has 0 heterocycles. The number of ether oxygens (including phenoxy) is 2. The Morgan fingerprint density at radius 3 is 2.67 bits per heavy atom. The Morgan fingerprint density at radius 2 is 2.22 bits per heavy atom. The highest BCUT2D eigenvalue weighted by Crippen LogP contribution is 2.26. The standard InChI is InChI=1S/C11H10F2N2O3/c1-17-10(16)7-2-6(4-14)3-9(8(7)5-15)18-11(12)13/h2-3,11H,5,15H2,1H3. The van der Waals surface area contributed by atoms with Crippen LogP contribution in [0.5, 0.6) is 5.75 Å². The smallest absolute Gasteiger partial charge is 0.387 e. The molecule has 18 heavy (non-hydrogen) atoms. The summed E-state index contributed by atoms with van der Waals surface area (Å²) in [7, 11) is 1.13. The van der Waals surface area contributed by atoms with Crippen molar-refractivity contribution in [3.63, 3.8) is 0 Å². The predicted molar refractivity (Wildman–Crippen MR) is 57.0 cm³/mol. The first-order valence-electron chi connectivity index (χ1n) is 4.83. The van der Waals surface area contributed by atoms with E-state index < -0.39 is 12.6 Å². The summed E-state index contributed by atoms with van der Waals surface area (Å²) in [6, 6.07) is 4.05. The molecule has 2 N–H and O–H groups in total. The average molecular weight is 256 g/mol. The van der Waals surface area contributed by atoms with Crippen LogP contribution in [-0.4, -0.2) is 19.7 Å². The Bertz CT molecular complexity index is 498.